The van der Waals surface area contributed by atoms with Crippen LogP contribution in [0, 0.1) is 0 Å². The fourth-order valence-electron chi connectivity index (χ4n) is 3.37. The average molecular weight is 378 g/mol. The van der Waals surface area contributed by atoms with E-state index < -0.39 is 0 Å². The minimum atomic E-state index is -0.277. The highest BCUT2D eigenvalue weighted by atomic mass is 16.5. The summed E-state index contributed by atoms with van der Waals surface area (Å²) in [4.78, 5) is 12.2. The average Bonchev–Trinajstić information content (AvgIpc) is 2.70. The van der Waals surface area contributed by atoms with Crippen LogP contribution in [0.25, 0.3) is 0 Å². The van der Waals surface area contributed by atoms with Gasteiger partial charge in [-0.25, -0.2) is 0 Å². The van der Waals surface area contributed by atoms with Gasteiger partial charge in [0, 0.05) is 20.0 Å². The molecule has 0 spiro atoms. The van der Waals surface area contributed by atoms with Crippen molar-refractivity contribution in [2.75, 3.05) is 13.7 Å². The van der Waals surface area contributed by atoms with Gasteiger partial charge in [0.15, 0.2) is 0 Å². The molecule has 0 unspecified atom stereocenters. The normalized spacial score (nSPS) is 13.3. The standard InChI is InChI=1S/C23H39NO3/c1-3-4-5-6-7-8-9-10-14-17-23(26)24-21(19-25)18-22(27-2)20-15-12-11-13-16-20/h11-13,15-16,21-22,25H,3-10,14,17-19H2,1-2H3,(H,24,26)/t21-,22-/m1/s1. The number of hydrogen-bond acceptors (Lipinski definition) is 3. The lowest BCUT2D eigenvalue weighted by Gasteiger charge is -2.22. The van der Waals surface area contributed by atoms with Gasteiger partial charge in [-0.3, -0.25) is 4.79 Å². The third-order valence-electron chi connectivity index (χ3n) is 5.05. The van der Waals surface area contributed by atoms with Crippen molar-refractivity contribution in [1.29, 1.82) is 0 Å². The largest absolute Gasteiger partial charge is 0.394 e. The zero-order chi connectivity index (χ0) is 19.7. The molecule has 0 saturated carbocycles. The zero-order valence-electron chi connectivity index (χ0n) is 17.3. The number of nitrogens with one attached hydrogen (secondary N) is 1. The molecule has 0 aliphatic rings. The molecule has 0 aliphatic heterocycles. The number of methoxy groups -OCH3 is 1. The van der Waals surface area contributed by atoms with Crippen LogP contribution in [0.3, 0.4) is 0 Å². The second-order valence-corrected chi connectivity index (χ2v) is 7.40. The highest BCUT2D eigenvalue weighted by Crippen LogP contribution is 2.21. The van der Waals surface area contributed by atoms with Gasteiger partial charge in [-0.2, -0.15) is 0 Å². The number of ether oxygens (including phenoxy) is 1. The molecule has 4 nitrogen and oxygen atoms in total. The highest BCUT2D eigenvalue weighted by molar-refractivity contribution is 5.76. The van der Waals surface area contributed by atoms with Crippen LogP contribution in [-0.2, 0) is 9.53 Å². The van der Waals surface area contributed by atoms with Crippen LogP contribution in [0.5, 0.6) is 0 Å². The van der Waals surface area contributed by atoms with Gasteiger partial charge in [-0.05, 0) is 12.0 Å². The summed E-state index contributed by atoms with van der Waals surface area (Å²) < 4.78 is 5.55. The lowest BCUT2D eigenvalue weighted by Crippen LogP contribution is -2.38. The maximum absolute atomic E-state index is 12.2. The lowest BCUT2D eigenvalue weighted by molar-refractivity contribution is -0.122. The Morgan fingerprint density at radius 3 is 2.15 bits per heavy atom. The maximum atomic E-state index is 12.2. The molecule has 2 N–H and O–H groups in total. The van der Waals surface area contributed by atoms with E-state index >= 15 is 0 Å². The van der Waals surface area contributed by atoms with Gasteiger partial charge in [0.1, 0.15) is 0 Å². The van der Waals surface area contributed by atoms with Crippen LogP contribution in [0.4, 0.5) is 0 Å². The highest BCUT2D eigenvalue weighted by Gasteiger charge is 2.18. The van der Waals surface area contributed by atoms with Crippen molar-refractivity contribution in [1.82, 2.24) is 5.32 Å². The summed E-state index contributed by atoms with van der Waals surface area (Å²) in [6, 6.07) is 9.64. The van der Waals surface area contributed by atoms with E-state index in [-0.39, 0.29) is 24.7 Å². The van der Waals surface area contributed by atoms with Crippen molar-refractivity contribution < 1.29 is 14.6 Å². The lowest BCUT2D eigenvalue weighted by atomic mass is 10.0. The molecule has 0 aromatic heterocycles. The zero-order valence-corrected chi connectivity index (χ0v) is 17.3. The van der Waals surface area contributed by atoms with Crippen LogP contribution in [0.15, 0.2) is 30.3 Å². The number of carbonyl (C=O) groups is 1. The van der Waals surface area contributed by atoms with E-state index in [1.165, 1.54) is 44.9 Å². The van der Waals surface area contributed by atoms with Crippen LogP contribution in [-0.4, -0.2) is 30.8 Å². The second-order valence-electron chi connectivity index (χ2n) is 7.40. The van der Waals surface area contributed by atoms with Gasteiger partial charge in [-0.15, -0.1) is 0 Å². The van der Waals surface area contributed by atoms with Gasteiger partial charge < -0.3 is 15.2 Å². The van der Waals surface area contributed by atoms with Gasteiger partial charge in [0.25, 0.3) is 0 Å². The molecule has 0 fully saturated rings. The molecule has 27 heavy (non-hydrogen) atoms. The summed E-state index contributed by atoms with van der Waals surface area (Å²) >= 11 is 0. The number of unbranched alkanes of at least 4 members (excludes halogenated alkanes) is 8. The number of rotatable bonds is 16. The molecule has 1 aromatic rings. The van der Waals surface area contributed by atoms with E-state index in [4.69, 9.17) is 4.74 Å². The molecule has 1 aromatic carbocycles. The Balaban J connectivity index is 2.19. The van der Waals surface area contributed by atoms with Crippen molar-refractivity contribution >= 4 is 5.91 Å². The van der Waals surface area contributed by atoms with E-state index in [9.17, 15) is 9.90 Å². The summed E-state index contributed by atoms with van der Waals surface area (Å²) in [6.07, 6.45) is 12.1. The first-order valence-corrected chi connectivity index (χ1v) is 10.7. The van der Waals surface area contributed by atoms with Gasteiger partial charge in [-0.1, -0.05) is 88.6 Å². The van der Waals surface area contributed by atoms with E-state index in [2.05, 4.69) is 12.2 Å². The van der Waals surface area contributed by atoms with Crippen LogP contribution in [0.2, 0.25) is 0 Å². The number of amides is 1. The van der Waals surface area contributed by atoms with Gasteiger partial charge in [0.05, 0.1) is 18.8 Å². The van der Waals surface area contributed by atoms with Crippen LogP contribution >= 0.6 is 0 Å². The molecule has 0 radical (unpaired) electrons. The molecule has 0 aliphatic carbocycles. The Bertz CT molecular complexity index is 478. The van der Waals surface area contributed by atoms with Gasteiger partial charge >= 0.3 is 0 Å². The van der Waals surface area contributed by atoms with E-state index in [1.54, 1.807) is 7.11 Å². The Morgan fingerprint density at radius 2 is 1.59 bits per heavy atom. The number of aliphatic hydroxyl groups is 1. The first kappa shape index (κ1) is 23.6. The monoisotopic (exact) mass is 377 g/mol. The number of benzene rings is 1. The summed E-state index contributed by atoms with van der Waals surface area (Å²) in [5.74, 6) is 0.0277. The Morgan fingerprint density at radius 1 is 1.00 bits per heavy atom. The predicted molar refractivity (Wildman–Crippen MR) is 112 cm³/mol. The van der Waals surface area contributed by atoms with E-state index in [0.29, 0.717) is 12.8 Å². The summed E-state index contributed by atoms with van der Waals surface area (Å²) in [6.45, 7) is 2.17. The number of carbonyl (C=O) groups excluding carboxylic acids is 1. The molecule has 2 atom stereocenters. The third kappa shape index (κ3) is 11.1. The first-order valence-electron chi connectivity index (χ1n) is 10.7. The van der Waals surface area contributed by atoms with E-state index in [0.717, 1.165) is 18.4 Å². The van der Waals surface area contributed by atoms with E-state index in [1.807, 2.05) is 30.3 Å². The van der Waals surface area contributed by atoms with Crippen LogP contribution < -0.4 is 5.32 Å². The minimum Gasteiger partial charge on any atom is -0.394 e. The molecular weight excluding hydrogens is 338 g/mol. The maximum Gasteiger partial charge on any atom is 0.220 e. The number of aliphatic hydroxyl groups excluding tert-OH is 1. The Labute approximate surface area is 165 Å². The summed E-state index contributed by atoms with van der Waals surface area (Å²) in [5.41, 5.74) is 1.06. The Hall–Kier alpha value is -1.39. The fraction of sp³-hybridized carbons (Fsp3) is 0.696. The second kappa shape index (κ2) is 15.6. The van der Waals surface area contributed by atoms with Crippen molar-refractivity contribution in [3.63, 3.8) is 0 Å². The summed E-state index contributed by atoms with van der Waals surface area (Å²) in [5, 5.41) is 12.6. The van der Waals surface area contributed by atoms with Crippen molar-refractivity contribution in [2.45, 2.75) is 89.7 Å². The summed E-state index contributed by atoms with van der Waals surface area (Å²) in [7, 11) is 1.66. The predicted octanol–water partition coefficient (Wildman–Crippen LogP) is 5.16. The van der Waals surface area contributed by atoms with Crippen molar-refractivity contribution in [3.8, 4) is 0 Å². The SMILES string of the molecule is CCCCCCCCCCCC(=O)N[C@@H](CO)C[C@@H](OC)c1ccccc1. The van der Waals surface area contributed by atoms with Crippen LogP contribution in [0.1, 0.15) is 89.2 Å². The molecule has 0 saturated heterocycles. The third-order valence-corrected chi connectivity index (χ3v) is 5.05. The molecule has 0 bridgehead atoms. The minimum absolute atomic E-state index is 0.0277. The number of hydrogen-bond donors (Lipinski definition) is 2. The molecular formula is C23H39NO3. The first-order chi connectivity index (χ1) is 13.2. The molecule has 0 heterocycles. The molecule has 154 valence electrons. The Kier molecular flexibility index (Phi) is 13.7. The fourth-order valence-corrected chi connectivity index (χ4v) is 3.37. The van der Waals surface area contributed by atoms with Gasteiger partial charge in [0.2, 0.25) is 5.91 Å². The smallest absolute Gasteiger partial charge is 0.220 e. The quantitative estimate of drug-likeness (QED) is 0.391. The molecule has 4 heteroatoms. The molecule has 1 rings (SSSR count). The molecule has 1 amide bonds. The van der Waals surface area contributed by atoms with Crippen molar-refractivity contribution in [3.05, 3.63) is 35.9 Å². The topological polar surface area (TPSA) is 58.6 Å². The van der Waals surface area contributed by atoms with Crippen molar-refractivity contribution in [2.24, 2.45) is 0 Å².